The lowest BCUT2D eigenvalue weighted by molar-refractivity contribution is -0.111. The van der Waals surface area contributed by atoms with Crippen LogP contribution in [0.4, 0.5) is 5.13 Å². The lowest BCUT2D eigenvalue weighted by atomic mass is 10.1. The number of rotatable bonds is 4. The van der Waals surface area contributed by atoms with Gasteiger partial charge in [0.2, 0.25) is 5.91 Å². The average Bonchev–Trinajstić information content (AvgIpc) is 3.24. The van der Waals surface area contributed by atoms with Gasteiger partial charge in [-0.3, -0.25) is 14.8 Å². The molecule has 1 amide bonds. The number of nitrogens with zero attached hydrogens (tertiary/aromatic N) is 3. The predicted molar refractivity (Wildman–Crippen MR) is 109 cm³/mol. The molecule has 8 heteroatoms. The molecule has 0 bridgehead atoms. The molecular weight excluding hydrogens is 376 g/mol. The summed E-state index contributed by atoms with van der Waals surface area (Å²) in [5.41, 5.74) is 4.54. The third kappa shape index (κ3) is 3.63. The summed E-state index contributed by atoms with van der Waals surface area (Å²) in [6.07, 6.45) is 3.28. The Hall–Kier alpha value is -3.13. The Morgan fingerprint density at radius 2 is 2.04 bits per heavy atom. The first kappa shape index (κ1) is 18.2. The van der Waals surface area contributed by atoms with Crippen molar-refractivity contribution in [1.29, 1.82) is 0 Å². The zero-order valence-electron chi connectivity index (χ0n) is 15.9. The van der Waals surface area contributed by atoms with E-state index in [0.29, 0.717) is 24.1 Å². The minimum atomic E-state index is -0.231. The fraction of sp³-hybridized carbons (Fsp3) is 0.250. The van der Waals surface area contributed by atoms with Gasteiger partial charge in [0.15, 0.2) is 16.6 Å². The zero-order chi connectivity index (χ0) is 19.7. The molecule has 3 aromatic rings. The van der Waals surface area contributed by atoms with Gasteiger partial charge in [0.05, 0.1) is 11.4 Å². The van der Waals surface area contributed by atoms with Crippen molar-refractivity contribution in [2.45, 2.75) is 13.8 Å². The molecule has 3 heterocycles. The molecule has 0 unspecified atom stereocenters. The lowest BCUT2D eigenvalue weighted by Gasteiger charge is -2.18. The molecule has 0 saturated heterocycles. The highest BCUT2D eigenvalue weighted by molar-refractivity contribution is 7.14. The minimum absolute atomic E-state index is 0.231. The SMILES string of the molecule is Cc1nn(C)c(C)c1/C=C/C(=O)Nc1nc(-c2ccc3c(c2)OCCO3)cs1. The summed E-state index contributed by atoms with van der Waals surface area (Å²) in [5, 5.41) is 9.60. The molecular formula is C20H20N4O3S. The largest absolute Gasteiger partial charge is 0.486 e. The van der Waals surface area contributed by atoms with Crippen LogP contribution in [0.1, 0.15) is 17.0 Å². The first-order chi connectivity index (χ1) is 13.5. The number of nitrogens with one attached hydrogen (secondary N) is 1. The first-order valence-corrected chi connectivity index (χ1v) is 9.74. The molecule has 4 rings (SSSR count). The van der Waals surface area contributed by atoms with Crippen LogP contribution < -0.4 is 14.8 Å². The van der Waals surface area contributed by atoms with Gasteiger partial charge in [-0.15, -0.1) is 11.3 Å². The van der Waals surface area contributed by atoms with Gasteiger partial charge in [0.1, 0.15) is 13.2 Å². The quantitative estimate of drug-likeness (QED) is 0.682. The van der Waals surface area contributed by atoms with E-state index in [0.717, 1.165) is 34.0 Å². The number of carbonyl (C=O) groups excluding carboxylic acids is 1. The molecule has 0 saturated carbocycles. The Morgan fingerprint density at radius 3 is 2.79 bits per heavy atom. The summed E-state index contributed by atoms with van der Waals surface area (Å²) in [6, 6.07) is 5.72. The molecule has 1 N–H and O–H groups in total. The van der Waals surface area contributed by atoms with Gasteiger partial charge < -0.3 is 9.47 Å². The van der Waals surface area contributed by atoms with Crippen molar-refractivity contribution in [3.63, 3.8) is 0 Å². The van der Waals surface area contributed by atoms with E-state index in [1.54, 1.807) is 10.8 Å². The fourth-order valence-electron chi connectivity index (χ4n) is 3.00. The second kappa shape index (κ2) is 7.47. The van der Waals surface area contributed by atoms with E-state index in [2.05, 4.69) is 15.4 Å². The maximum Gasteiger partial charge on any atom is 0.250 e. The molecule has 0 radical (unpaired) electrons. The Balaban J connectivity index is 1.46. The maximum atomic E-state index is 12.3. The van der Waals surface area contributed by atoms with Crippen LogP contribution in [0.2, 0.25) is 0 Å². The molecule has 144 valence electrons. The van der Waals surface area contributed by atoms with Crippen molar-refractivity contribution in [1.82, 2.24) is 14.8 Å². The van der Waals surface area contributed by atoms with Gasteiger partial charge in [-0.05, 0) is 38.1 Å². The van der Waals surface area contributed by atoms with E-state index in [1.807, 2.05) is 44.5 Å². The molecule has 1 aliphatic rings. The highest BCUT2D eigenvalue weighted by Gasteiger charge is 2.14. The third-order valence-electron chi connectivity index (χ3n) is 4.54. The number of benzene rings is 1. The molecule has 1 aliphatic heterocycles. The smallest absolute Gasteiger partial charge is 0.250 e. The van der Waals surface area contributed by atoms with Crippen LogP contribution in [-0.4, -0.2) is 33.9 Å². The van der Waals surface area contributed by atoms with E-state index < -0.39 is 0 Å². The summed E-state index contributed by atoms with van der Waals surface area (Å²) in [7, 11) is 1.88. The van der Waals surface area contributed by atoms with Gasteiger partial charge in [-0.25, -0.2) is 4.98 Å². The highest BCUT2D eigenvalue weighted by Crippen LogP contribution is 2.35. The Morgan fingerprint density at radius 1 is 1.25 bits per heavy atom. The molecule has 7 nitrogen and oxygen atoms in total. The maximum absolute atomic E-state index is 12.3. The summed E-state index contributed by atoms with van der Waals surface area (Å²) in [6.45, 7) is 4.99. The number of fused-ring (bicyclic) bond motifs is 1. The number of anilines is 1. The highest BCUT2D eigenvalue weighted by atomic mass is 32.1. The van der Waals surface area contributed by atoms with Crippen molar-refractivity contribution in [2.75, 3.05) is 18.5 Å². The van der Waals surface area contributed by atoms with Crippen LogP contribution >= 0.6 is 11.3 Å². The van der Waals surface area contributed by atoms with E-state index in [-0.39, 0.29) is 5.91 Å². The molecule has 0 atom stereocenters. The molecule has 0 aliphatic carbocycles. The lowest BCUT2D eigenvalue weighted by Crippen LogP contribution is -2.15. The standard InChI is InChI=1S/C20H20N4O3S/c1-12-15(13(2)24(3)23-12)5-7-19(25)22-20-21-16(11-28-20)14-4-6-17-18(10-14)27-9-8-26-17/h4-7,10-11H,8-9H2,1-3H3,(H,21,22,25)/b7-5+. The monoisotopic (exact) mass is 396 g/mol. The molecule has 1 aromatic carbocycles. The number of aryl methyl sites for hydroxylation is 2. The molecule has 28 heavy (non-hydrogen) atoms. The number of carbonyl (C=O) groups is 1. The van der Waals surface area contributed by atoms with Crippen LogP contribution in [0.3, 0.4) is 0 Å². The van der Waals surface area contributed by atoms with Crippen molar-refractivity contribution >= 4 is 28.5 Å². The Kier molecular flexibility index (Phi) is 4.87. The number of hydrogen-bond donors (Lipinski definition) is 1. The second-order valence-corrected chi connectivity index (χ2v) is 7.29. The normalized spacial score (nSPS) is 13.1. The van der Waals surface area contributed by atoms with Crippen LogP contribution in [-0.2, 0) is 11.8 Å². The van der Waals surface area contributed by atoms with Crippen LogP contribution in [0.25, 0.3) is 17.3 Å². The summed E-state index contributed by atoms with van der Waals surface area (Å²) in [5.74, 6) is 1.23. The van der Waals surface area contributed by atoms with E-state index in [4.69, 9.17) is 9.47 Å². The molecule has 0 spiro atoms. The molecule has 2 aromatic heterocycles. The van der Waals surface area contributed by atoms with E-state index in [1.165, 1.54) is 17.4 Å². The fourth-order valence-corrected chi connectivity index (χ4v) is 3.73. The number of thiazole rings is 1. The minimum Gasteiger partial charge on any atom is -0.486 e. The van der Waals surface area contributed by atoms with Gasteiger partial charge >= 0.3 is 0 Å². The van der Waals surface area contributed by atoms with Gasteiger partial charge in [0.25, 0.3) is 0 Å². The van der Waals surface area contributed by atoms with Crippen molar-refractivity contribution in [2.24, 2.45) is 7.05 Å². The Labute approximate surface area is 166 Å². The summed E-state index contributed by atoms with van der Waals surface area (Å²) in [4.78, 5) is 16.8. The van der Waals surface area contributed by atoms with Crippen LogP contribution in [0.5, 0.6) is 11.5 Å². The van der Waals surface area contributed by atoms with Crippen LogP contribution in [0.15, 0.2) is 29.7 Å². The van der Waals surface area contributed by atoms with Gasteiger partial charge in [-0.1, -0.05) is 0 Å². The Bertz CT molecular complexity index is 1070. The van der Waals surface area contributed by atoms with E-state index in [9.17, 15) is 4.79 Å². The van der Waals surface area contributed by atoms with Crippen LogP contribution in [0, 0.1) is 13.8 Å². The number of ether oxygens (including phenoxy) is 2. The summed E-state index contributed by atoms with van der Waals surface area (Å²) < 4.78 is 13.0. The predicted octanol–water partition coefficient (Wildman–Crippen LogP) is 3.58. The van der Waals surface area contributed by atoms with Crippen molar-refractivity contribution < 1.29 is 14.3 Å². The molecule has 0 fully saturated rings. The topological polar surface area (TPSA) is 78.3 Å². The average molecular weight is 396 g/mol. The number of aromatic nitrogens is 3. The van der Waals surface area contributed by atoms with Gasteiger partial charge in [-0.2, -0.15) is 5.10 Å². The van der Waals surface area contributed by atoms with Crippen molar-refractivity contribution in [3.05, 3.63) is 46.6 Å². The number of amides is 1. The first-order valence-electron chi connectivity index (χ1n) is 8.86. The van der Waals surface area contributed by atoms with Crippen molar-refractivity contribution in [3.8, 4) is 22.8 Å². The third-order valence-corrected chi connectivity index (χ3v) is 5.30. The van der Waals surface area contributed by atoms with Gasteiger partial charge in [0, 0.05) is 35.3 Å². The zero-order valence-corrected chi connectivity index (χ0v) is 16.7. The van der Waals surface area contributed by atoms with E-state index >= 15 is 0 Å². The summed E-state index contributed by atoms with van der Waals surface area (Å²) >= 11 is 1.38. The second-order valence-electron chi connectivity index (χ2n) is 6.43. The number of hydrogen-bond acceptors (Lipinski definition) is 6.